The molecular weight excluding hydrogens is 321 g/mol. The van der Waals surface area contributed by atoms with Crippen LogP contribution >= 0.6 is 15.9 Å². The van der Waals surface area contributed by atoms with Crippen molar-refractivity contribution in [2.75, 3.05) is 13.7 Å². The van der Waals surface area contributed by atoms with E-state index < -0.39 is 0 Å². The molecule has 0 spiro atoms. The van der Waals surface area contributed by atoms with Crippen LogP contribution in [-0.4, -0.2) is 13.7 Å². The molecule has 106 valence electrons. The number of halogens is 2. The molecule has 0 aliphatic carbocycles. The SMILES string of the molecule is CCNC(c1cccc(OC)c1)c1cccc(F)c1Br. The number of methoxy groups -OCH3 is 1. The van der Waals surface area contributed by atoms with Gasteiger partial charge in [0.15, 0.2) is 0 Å². The summed E-state index contributed by atoms with van der Waals surface area (Å²) >= 11 is 3.34. The van der Waals surface area contributed by atoms with E-state index in [4.69, 9.17) is 4.74 Å². The van der Waals surface area contributed by atoms with Crippen LogP contribution in [0.4, 0.5) is 4.39 Å². The normalized spacial score (nSPS) is 12.2. The van der Waals surface area contributed by atoms with Crippen molar-refractivity contribution in [2.45, 2.75) is 13.0 Å². The van der Waals surface area contributed by atoms with Gasteiger partial charge in [0.2, 0.25) is 0 Å². The molecular formula is C16H17BrFNO. The fourth-order valence-electron chi connectivity index (χ4n) is 2.18. The lowest BCUT2D eigenvalue weighted by atomic mass is 9.98. The fourth-order valence-corrected chi connectivity index (χ4v) is 2.67. The Kier molecular flexibility index (Phi) is 5.15. The van der Waals surface area contributed by atoms with Crippen LogP contribution in [0.2, 0.25) is 0 Å². The third-order valence-electron chi connectivity index (χ3n) is 3.13. The van der Waals surface area contributed by atoms with Crippen molar-refractivity contribution in [3.63, 3.8) is 0 Å². The molecule has 0 saturated carbocycles. The van der Waals surface area contributed by atoms with E-state index in [1.807, 2.05) is 37.3 Å². The van der Waals surface area contributed by atoms with Crippen molar-refractivity contribution < 1.29 is 9.13 Å². The highest BCUT2D eigenvalue weighted by molar-refractivity contribution is 9.10. The minimum Gasteiger partial charge on any atom is -0.497 e. The highest BCUT2D eigenvalue weighted by atomic mass is 79.9. The van der Waals surface area contributed by atoms with Gasteiger partial charge in [0.1, 0.15) is 11.6 Å². The first-order chi connectivity index (χ1) is 9.67. The van der Waals surface area contributed by atoms with Crippen molar-refractivity contribution in [3.8, 4) is 5.75 Å². The molecule has 0 saturated heterocycles. The highest BCUT2D eigenvalue weighted by Gasteiger charge is 2.18. The number of rotatable bonds is 5. The Balaban J connectivity index is 2.47. The lowest BCUT2D eigenvalue weighted by Gasteiger charge is -2.21. The first-order valence-corrected chi connectivity index (χ1v) is 7.28. The van der Waals surface area contributed by atoms with E-state index in [9.17, 15) is 4.39 Å². The second-order valence-corrected chi connectivity index (χ2v) is 5.20. The molecule has 0 heterocycles. The second kappa shape index (κ2) is 6.86. The van der Waals surface area contributed by atoms with Gasteiger partial charge >= 0.3 is 0 Å². The van der Waals surface area contributed by atoms with E-state index in [0.29, 0.717) is 4.47 Å². The molecule has 2 aromatic rings. The zero-order chi connectivity index (χ0) is 14.5. The molecule has 4 heteroatoms. The van der Waals surface area contributed by atoms with E-state index in [-0.39, 0.29) is 11.9 Å². The van der Waals surface area contributed by atoms with Crippen LogP contribution in [0, 0.1) is 5.82 Å². The summed E-state index contributed by atoms with van der Waals surface area (Å²) in [7, 11) is 1.64. The lowest BCUT2D eigenvalue weighted by Crippen LogP contribution is -2.22. The number of hydrogen-bond donors (Lipinski definition) is 1. The largest absolute Gasteiger partial charge is 0.497 e. The van der Waals surface area contributed by atoms with Crippen LogP contribution in [0.25, 0.3) is 0 Å². The van der Waals surface area contributed by atoms with Gasteiger partial charge < -0.3 is 10.1 Å². The lowest BCUT2D eigenvalue weighted by molar-refractivity contribution is 0.413. The monoisotopic (exact) mass is 337 g/mol. The number of hydrogen-bond acceptors (Lipinski definition) is 2. The van der Waals surface area contributed by atoms with Crippen LogP contribution < -0.4 is 10.1 Å². The summed E-state index contributed by atoms with van der Waals surface area (Å²) in [6.07, 6.45) is 0. The summed E-state index contributed by atoms with van der Waals surface area (Å²) in [5, 5.41) is 3.38. The summed E-state index contributed by atoms with van der Waals surface area (Å²) in [6, 6.07) is 12.8. The summed E-state index contributed by atoms with van der Waals surface area (Å²) in [4.78, 5) is 0. The molecule has 2 rings (SSSR count). The van der Waals surface area contributed by atoms with Gasteiger partial charge in [-0.05, 0) is 51.8 Å². The van der Waals surface area contributed by atoms with Crippen LogP contribution in [-0.2, 0) is 0 Å². The molecule has 0 aromatic heterocycles. The Hall–Kier alpha value is -1.39. The van der Waals surface area contributed by atoms with Crippen molar-refractivity contribution in [3.05, 3.63) is 63.9 Å². The number of ether oxygens (including phenoxy) is 1. The highest BCUT2D eigenvalue weighted by Crippen LogP contribution is 2.31. The van der Waals surface area contributed by atoms with Gasteiger partial charge in [-0.2, -0.15) is 0 Å². The average molecular weight is 338 g/mol. The molecule has 0 aliphatic rings. The van der Waals surface area contributed by atoms with Crippen molar-refractivity contribution >= 4 is 15.9 Å². The third kappa shape index (κ3) is 3.19. The summed E-state index contributed by atoms with van der Waals surface area (Å²) in [5.41, 5.74) is 1.91. The third-order valence-corrected chi connectivity index (χ3v) is 3.96. The standard InChI is InChI=1S/C16H17BrFNO/c1-3-19-16(11-6-4-7-12(10-11)20-2)13-8-5-9-14(18)15(13)17/h4-10,16,19H,3H2,1-2H3. The Labute approximate surface area is 127 Å². The average Bonchev–Trinajstić information content (AvgIpc) is 2.48. The maximum atomic E-state index is 13.7. The van der Waals surface area contributed by atoms with Crippen LogP contribution in [0.1, 0.15) is 24.1 Å². The van der Waals surface area contributed by atoms with E-state index in [2.05, 4.69) is 21.2 Å². The zero-order valence-corrected chi connectivity index (χ0v) is 13.1. The molecule has 2 nitrogen and oxygen atoms in total. The Morgan fingerprint density at radius 1 is 1.25 bits per heavy atom. The van der Waals surface area contributed by atoms with Crippen molar-refractivity contribution in [1.29, 1.82) is 0 Å². The topological polar surface area (TPSA) is 21.3 Å². The van der Waals surface area contributed by atoms with Crippen LogP contribution in [0.5, 0.6) is 5.75 Å². The molecule has 0 fully saturated rings. The second-order valence-electron chi connectivity index (χ2n) is 4.41. The molecule has 1 unspecified atom stereocenters. The van der Waals surface area contributed by atoms with Gasteiger partial charge in [-0.25, -0.2) is 4.39 Å². The molecule has 20 heavy (non-hydrogen) atoms. The Morgan fingerprint density at radius 2 is 2.00 bits per heavy atom. The van der Waals surface area contributed by atoms with Crippen LogP contribution in [0.3, 0.4) is 0 Å². The predicted octanol–water partition coefficient (Wildman–Crippen LogP) is 4.30. The molecule has 1 N–H and O–H groups in total. The number of nitrogens with one attached hydrogen (secondary N) is 1. The minimum absolute atomic E-state index is 0.0832. The molecule has 0 radical (unpaired) electrons. The maximum Gasteiger partial charge on any atom is 0.137 e. The van der Waals surface area contributed by atoms with Crippen LogP contribution in [0.15, 0.2) is 46.9 Å². The molecule has 0 aliphatic heterocycles. The molecule has 2 aromatic carbocycles. The van der Waals surface area contributed by atoms with E-state index in [0.717, 1.165) is 23.4 Å². The van der Waals surface area contributed by atoms with Gasteiger partial charge in [-0.15, -0.1) is 0 Å². The van der Waals surface area contributed by atoms with Gasteiger partial charge in [-0.3, -0.25) is 0 Å². The van der Waals surface area contributed by atoms with Gasteiger partial charge in [0.05, 0.1) is 17.6 Å². The van der Waals surface area contributed by atoms with Gasteiger partial charge in [-0.1, -0.05) is 31.2 Å². The maximum absolute atomic E-state index is 13.7. The quantitative estimate of drug-likeness (QED) is 0.878. The minimum atomic E-state index is -0.256. The zero-order valence-electron chi connectivity index (χ0n) is 11.5. The summed E-state index contributed by atoms with van der Waals surface area (Å²) in [5.74, 6) is 0.534. The summed E-state index contributed by atoms with van der Waals surface area (Å²) < 4.78 is 19.5. The Bertz CT molecular complexity index is 588. The fraction of sp³-hybridized carbons (Fsp3) is 0.250. The van der Waals surface area contributed by atoms with Gasteiger partial charge in [0, 0.05) is 0 Å². The number of benzene rings is 2. The first kappa shape index (κ1) is 15.0. The Morgan fingerprint density at radius 3 is 2.70 bits per heavy atom. The molecule has 1 atom stereocenters. The van der Waals surface area contributed by atoms with Crippen molar-refractivity contribution in [1.82, 2.24) is 5.32 Å². The van der Waals surface area contributed by atoms with Gasteiger partial charge in [0.25, 0.3) is 0 Å². The first-order valence-electron chi connectivity index (χ1n) is 6.48. The molecule has 0 amide bonds. The smallest absolute Gasteiger partial charge is 0.137 e. The summed E-state index contributed by atoms with van der Waals surface area (Å²) in [6.45, 7) is 2.81. The van der Waals surface area contributed by atoms with E-state index >= 15 is 0 Å². The van der Waals surface area contributed by atoms with E-state index in [1.165, 1.54) is 6.07 Å². The predicted molar refractivity (Wildman–Crippen MR) is 82.6 cm³/mol. The van der Waals surface area contributed by atoms with Crippen molar-refractivity contribution in [2.24, 2.45) is 0 Å². The van der Waals surface area contributed by atoms with E-state index in [1.54, 1.807) is 13.2 Å². The molecule has 0 bridgehead atoms.